The van der Waals surface area contributed by atoms with Crippen LogP contribution in [0, 0.1) is 12.3 Å². The minimum atomic E-state index is -0.973. The van der Waals surface area contributed by atoms with Crippen molar-refractivity contribution in [3.05, 3.63) is 69.2 Å². The van der Waals surface area contributed by atoms with Crippen molar-refractivity contribution in [2.24, 2.45) is 5.41 Å². The lowest BCUT2D eigenvalue weighted by atomic mass is 9.90. The van der Waals surface area contributed by atoms with E-state index in [4.69, 9.17) is 20.9 Å². The second kappa shape index (κ2) is 13.0. The number of carbonyl (C=O) groups is 1. The van der Waals surface area contributed by atoms with Gasteiger partial charge in [0.15, 0.2) is 0 Å². The van der Waals surface area contributed by atoms with Gasteiger partial charge in [0, 0.05) is 36.4 Å². The van der Waals surface area contributed by atoms with Crippen LogP contribution in [0.25, 0.3) is 0 Å². The van der Waals surface area contributed by atoms with Gasteiger partial charge in [-0.15, -0.1) is 0 Å². The van der Waals surface area contributed by atoms with Crippen LogP contribution in [0.2, 0.25) is 5.02 Å². The minimum absolute atomic E-state index is 0.0533. The number of nitrogens with zero attached hydrogens (tertiary/aromatic N) is 2. The van der Waals surface area contributed by atoms with Crippen LogP contribution in [-0.4, -0.2) is 51.6 Å². The summed E-state index contributed by atoms with van der Waals surface area (Å²) in [5.41, 5.74) is 2.77. The first-order valence-corrected chi connectivity index (χ1v) is 14.9. The van der Waals surface area contributed by atoms with Gasteiger partial charge in [-0.2, -0.15) is 0 Å². The van der Waals surface area contributed by atoms with Crippen LogP contribution < -0.4 is 15.4 Å². The predicted molar refractivity (Wildman–Crippen MR) is 162 cm³/mol. The molecule has 1 aromatic carbocycles. The van der Waals surface area contributed by atoms with Gasteiger partial charge in [0.25, 0.3) is 5.91 Å². The van der Waals surface area contributed by atoms with Crippen LogP contribution in [0.15, 0.2) is 34.9 Å². The number of halogens is 1. The molecule has 4 bridgehead atoms. The van der Waals surface area contributed by atoms with E-state index < -0.39 is 17.7 Å². The molecule has 1 amide bonds. The highest BCUT2D eigenvalue weighted by molar-refractivity contribution is 6.32. The quantitative estimate of drug-likeness (QED) is 0.302. The molecule has 0 saturated carbocycles. The smallest absolute Gasteiger partial charge is 0.251 e. The van der Waals surface area contributed by atoms with Gasteiger partial charge in [0.05, 0.1) is 29.3 Å². The Hall–Kier alpha value is -3.14. The fourth-order valence-corrected chi connectivity index (χ4v) is 5.32. The minimum Gasteiger partial charge on any atom is -0.506 e. The number of aliphatic hydroxyl groups excluding tert-OH is 1. The number of ether oxygens (including phenoxy) is 1. The molecule has 0 unspecified atom stereocenters. The van der Waals surface area contributed by atoms with E-state index in [2.05, 4.69) is 41.5 Å². The van der Waals surface area contributed by atoms with Gasteiger partial charge in [0.2, 0.25) is 5.88 Å². The standard InChI is InChI=1S/C32H43ClN4O5/c1-19-11-22-15-28(35-19)41-10-8-7-9-21-12-20(13-24(33)29(21)39)14-25(36-30(22)40)26(38)18-34-32(5,6)27-16-23(42-37-27)17-31(2,3)4/h11-13,15-16,25-26,34,38-39H,7-10,14,17-18H2,1-6H3,(H,36,40)/t25-,26+/m0/s1. The van der Waals surface area contributed by atoms with E-state index in [-0.39, 0.29) is 28.6 Å². The van der Waals surface area contributed by atoms with E-state index in [1.165, 1.54) is 0 Å². The largest absolute Gasteiger partial charge is 0.506 e. The zero-order valence-electron chi connectivity index (χ0n) is 25.4. The van der Waals surface area contributed by atoms with E-state index in [1.807, 2.05) is 32.9 Å². The van der Waals surface area contributed by atoms with Crippen molar-refractivity contribution in [3.8, 4) is 11.6 Å². The number of amides is 1. The van der Waals surface area contributed by atoms with E-state index in [1.54, 1.807) is 18.2 Å². The third-order valence-electron chi connectivity index (χ3n) is 7.38. The maximum atomic E-state index is 13.5. The molecule has 42 heavy (non-hydrogen) atoms. The number of phenols is 1. The summed E-state index contributed by atoms with van der Waals surface area (Å²) in [4.78, 5) is 17.9. The molecule has 0 saturated heterocycles. The summed E-state index contributed by atoms with van der Waals surface area (Å²) in [6.45, 7) is 12.8. The van der Waals surface area contributed by atoms with Gasteiger partial charge >= 0.3 is 0 Å². The Morgan fingerprint density at radius 2 is 1.90 bits per heavy atom. The monoisotopic (exact) mass is 598 g/mol. The molecule has 0 spiro atoms. The van der Waals surface area contributed by atoms with Crippen molar-refractivity contribution in [2.45, 2.75) is 91.3 Å². The van der Waals surface area contributed by atoms with E-state index in [0.29, 0.717) is 36.6 Å². The summed E-state index contributed by atoms with van der Waals surface area (Å²) in [7, 11) is 0. The summed E-state index contributed by atoms with van der Waals surface area (Å²) < 4.78 is 11.4. The number of aromatic hydroxyl groups is 1. The van der Waals surface area contributed by atoms with Gasteiger partial charge in [-0.1, -0.05) is 43.6 Å². The summed E-state index contributed by atoms with van der Waals surface area (Å²) in [6, 6.07) is 8.16. The molecule has 228 valence electrons. The Bertz CT molecular complexity index is 1400. The molecule has 9 nitrogen and oxygen atoms in total. The van der Waals surface area contributed by atoms with E-state index in [0.717, 1.165) is 41.8 Å². The number of rotatable bonds is 6. The first-order valence-electron chi connectivity index (χ1n) is 14.5. The number of hydrogen-bond donors (Lipinski definition) is 4. The zero-order chi connectivity index (χ0) is 30.7. The van der Waals surface area contributed by atoms with E-state index in [9.17, 15) is 15.0 Å². The van der Waals surface area contributed by atoms with Gasteiger partial charge in [-0.05, 0) is 75.1 Å². The number of aromatic nitrogens is 2. The van der Waals surface area contributed by atoms with Gasteiger partial charge in [-0.25, -0.2) is 4.98 Å². The van der Waals surface area contributed by atoms with Crippen LogP contribution in [0.5, 0.6) is 11.6 Å². The molecule has 0 radical (unpaired) electrons. The molecule has 4 rings (SSSR count). The Morgan fingerprint density at radius 3 is 2.64 bits per heavy atom. The molecule has 1 aliphatic heterocycles. The first-order chi connectivity index (χ1) is 19.7. The number of aryl methyl sites for hydroxylation is 2. The fraction of sp³-hybridized carbons (Fsp3) is 0.531. The number of aliphatic hydroxyl groups is 1. The number of fused-ring (bicyclic) bond motifs is 4. The molecule has 3 aromatic rings. The lowest BCUT2D eigenvalue weighted by Gasteiger charge is -2.30. The molecule has 2 aromatic heterocycles. The van der Waals surface area contributed by atoms with Crippen LogP contribution >= 0.6 is 11.6 Å². The third-order valence-corrected chi connectivity index (χ3v) is 7.67. The number of nitrogens with one attached hydrogen (secondary N) is 2. The number of pyridine rings is 1. The second-order valence-corrected chi connectivity index (χ2v) is 13.4. The lowest BCUT2D eigenvalue weighted by molar-refractivity contribution is 0.0811. The highest BCUT2D eigenvalue weighted by Crippen LogP contribution is 2.31. The van der Waals surface area contributed by atoms with Crippen molar-refractivity contribution in [3.63, 3.8) is 0 Å². The maximum absolute atomic E-state index is 13.5. The van der Waals surface area contributed by atoms with Crippen LogP contribution in [-0.2, 0) is 24.8 Å². The number of carbonyl (C=O) groups excluding carboxylic acids is 1. The molecule has 0 fully saturated rings. The molecule has 1 aliphatic rings. The van der Waals surface area contributed by atoms with Crippen LogP contribution in [0.3, 0.4) is 0 Å². The molecule has 10 heteroatoms. The summed E-state index contributed by atoms with van der Waals surface area (Å²) >= 11 is 6.40. The zero-order valence-corrected chi connectivity index (χ0v) is 26.1. The molecule has 4 N–H and O–H groups in total. The van der Waals surface area contributed by atoms with Crippen LogP contribution in [0.4, 0.5) is 0 Å². The maximum Gasteiger partial charge on any atom is 0.251 e. The average Bonchev–Trinajstić information content (AvgIpc) is 3.36. The Morgan fingerprint density at radius 1 is 1.14 bits per heavy atom. The highest BCUT2D eigenvalue weighted by Gasteiger charge is 2.30. The molecule has 0 aliphatic carbocycles. The van der Waals surface area contributed by atoms with Crippen molar-refractivity contribution < 1.29 is 24.3 Å². The number of phenolic OH excluding ortho intramolecular Hbond substituents is 1. The Kier molecular flexibility index (Phi) is 9.85. The summed E-state index contributed by atoms with van der Waals surface area (Å²) in [5.74, 6) is 0.882. The van der Waals surface area contributed by atoms with Crippen molar-refractivity contribution >= 4 is 17.5 Å². The van der Waals surface area contributed by atoms with Gasteiger partial charge in [0.1, 0.15) is 17.2 Å². The molecular weight excluding hydrogens is 556 g/mol. The van der Waals surface area contributed by atoms with Crippen molar-refractivity contribution in [1.82, 2.24) is 20.8 Å². The summed E-state index contributed by atoms with van der Waals surface area (Å²) in [6.07, 6.45) is 2.21. The number of hydrogen-bond acceptors (Lipinski definition) is 8. The molecule has 3 heterocycles. The highest BCUT2D eigenvalue weighted by atomic mass is 35.5. The van der Waals surface area contributed by atoms with Crippen LogP contribution in [0.1, 0.15) is 86.1 Å². The third kappa shape index (κ3) is 8.46. The Labute approximate surface area is 253 Å². The second-order valence-electron chi connectivity index (χ2n) is 13.0. The van der Waals surface area contributed by atoms with Crippen molar-refractivity contribution in [1.29, 1.82) is 0 Å². The van der Waals surface area contributed by atoms with Gasteiger partial charge < -0.3 is 30.1 Å². The topological polar surface area (TPSA) is 130 Å². The normalized spacial score (nSPS) is 17.5. The summed E-state index contributed by atoms with van der Waals surface area (Å²) in [5, 5.41) is 33.0. The predicted octanol–water partition coefficient (Wildman–Crippen LogP) is 5.27. The van der Waals surface area contributed by atoms with E-state index >= 15 is 0 Å². The first kappa shape index (κ1) is 31.8. The average molecular weight is 599 g/mol. The SMILES string of the molecule is Cc1cc2cc(n1)OCCCCc1cc(cc(Cl)c1O)C[C@@H]([C@H](O)CNC(C)(C)c1cc(CC(C)(C)C)on1)NC2=O. The number of benzene rings is 1. The Balaban J connectivity index is 1.58. The van der Waals surface area contributed by atoms with Gasteiger partial charge in [-0.3, -0.25) is 4.79 Å². The molecular formula is C32H43ClN4O5. The fourth-order valence-electron chi connectivity index (χ4n) is 5.06. The van der Waals surface area contributed by atoms with Crippen molar-refractivity contribution in [2.75, 3.05) is 13.2 Å². The lowest BCUT2D eigenvalue weighted by Crippen LogP contribution is -2.51. The molecule has 2 atom stereocenters.